The number of nitrogens with zero attached hydrogens (tertiary/aromatic N) is 5. The Bertz CT molecular complexity index is 1860. The number of amides is 2. The van der Waals surface area contributed by atoms with Crippen LogP contribution in [0.25, 0.3) is 33.5 Å². The SMILES string of the molecule is Cn1c(-c2cc3cccc(OCCc4cnco4)c3n2CC2CC2)nc2cc3c(cc21)CCN(CC(CF)NC(=O)O)C3=O. The van der Waals surface area contributed by atoms with E-state index < -0.39 is 18.8 Å². The predicted octanol–water partition coefficient (Wildman–Crippen LogP) is 4.82. The van der Waals surface area contributed by atoms with Gasteiger partial charge in [-0.25, -0.2) is 19.2 Å². The highest BCUT2D eigenvalue weighted by atomic mass is 19.1. The first-order valence-electron chi connectivity index (χ1n) is 14.9. The summed E-state index contributed by atoms with van der Waals surface area (Å²) in [7, 11) is 1.99. The second-order valence-corrected chi connectivity index (χ2v) is 11.6. The lowest BCUT2D eigenvalue weighted by Gasteiger charge is -2.31. The number of oxazole rings is 1. The molecule has 1 fully saturated rings. The highest BCUT2D eigenvalue weighted by molar-refractivity contribution is 6.01. The number of aryl methyl sites for hydroxylation is 1. The molecule has 4 heterocycles. The first-order valence-corrected chi connectivity index (χ1v) is 14.9. The van der Waals surface area contributed by atoms with E-state index in [0.717, 1.165) is 51.6 Å². The van der Waals surface area contributed by atoms with Crippen LogP contribution in [0.1, 0.15) is 34.5 Å². The van der Waals surface area contributed by atoms with Crippen LogP contribution in [-0.4, -0.2) is 73.5 Å². The van der Waals surface area contributed by atoms with Gasteiger partial charge in [0.05, 0.1) is 41.1 Å². The summed E-state index contributed by atoms with van der Waals surface area (Å²) in [5, 5.41) is 12.2. The number of halogens is 1. The van der Waals surface area contributed by atoms with E-state index in [9.17, 15) is 14.0 Å². The summed E-state index contributed by atoms with van der Waals surface area (Å²) < 4.78 is 29.5. The van der Waals surface area contributed by atoms with Crippen LogP contribution in [0, 0.1) is 5.92 Å². The Morgan fingerprint density at radius 3 is 2.89 bits per heavy atom. The molecule has 1 atom stereocenters. The highest BCUT2D eigenvalue weighted by Gasteiger charge is 2.30. The molecule has 2 aliphatic rings. The molecule has 3 aromatic heterocycles. The first-order chi connectivity index (χ1) is 21.4. The van der Waals surface area contributed by atoms with Crippen LogP contribution in [0.4, 0.5) is 9.18 Å². The van der Waals surface area contributed by atoms with E-state index in [2.05, 4.69) is 31.6 Å². The number of hydrogen-bond donors (Lipinski definition) is 2. The fraction of sp³-hybridized carbons (Fsp3) is 0.375. The first kappa shape index (κ1) is 27.9. The van der Waals surface area contributed by atoms with Crippen LogP contribution in [0.3, 0.4) is 0 Å². The fourth-order valence-electron chi connectivity index (χ4n) is 6.16. The summed E-state index contributed by atoms with van der Waals surface area (Å²) >= 11 is 0. The number of carbonyl (C=O) groups is 2. The quantitative estimate of drug-likeness (QED) is 0.223. The Labute approximate surface area is 252 Å². The fourth-order valence-corrected chi connectivity index (χ4v) is 6.16. The number of hydrogen-bond acceptors (Lipinski definition) is 6. The van der Waals surface area contributed by atoms with Crippen molar-refractivity contribution < 1.29 is 28.2 Å². The van der Waals surface area contributed by atoms with Gasteiger partial charge < -0.3 is 33.6 Å². The number of fused-ring (bicyclic) bond motifs is 3. The molecule has 1 unspecified atom stereocenters. The second kappa shape index (κ2) is 11.3. The van der Waals surface area contributed by atoms with E-state index in [1.165, 1.54) is 24.1 Å². The molecule has 0 radical (unpaired) electrons. The van der Waals surface area contributed by atoms with E-state index in [-0.39, 0.29) is 12.5 Å². The predicted molar refractivity (Wildman–Crippen MR) is 161 cm³/mol. The number of carbonyl (C=O) groups excluding carboxylic acids is 1. The van der Waals surface area contributed by atoms with Crippen LogP contribution in [0.5, 0.6) is 5.75 Å². The van der Waals surface area contributed by atoms with Crippen LogP contribution < -0.4 is 10.1 Å². The molecule has 1 aliphatic carbocycles. The summed E-state index contributed by atoms with van der Waals surface area (Å²) in [6, 6.07) is 11.1. The van der Waals surface area contributed by atoms with Crippen LogP contribution in [-0.2, 0) is 26.4 Å². The number of rotatable bonds is 11. The Kier molecular flexibility index (Phi) is 7.19. The number of aromatic nitrogens is 4. The Morgan fingerprint density at radius 1 is 1.27 bits per heavy atom. The third kappa shape index (κ3) is 5.24. The molecular weight excluding hydrogens is 567 g/mol. The largest absolute Gasteiger partial charge is 0.491 e. The van der Waals surface area contributed by atoms with Gasteiger partial charge in [-0.05, 0) is 55.0 Å². The second-order valence-electron chi connectivity index (χ2n) is 11.6. The summed E-state index contributed by atoms with van der Waals surface area (Å²) in [5.74, 6) is 2.72. The van der Waals surface area contributed by atoms with E-state index >= 15 is 0 Å². The zero-order chi connectivity index (χ0) is 30.4. The number of nitrogens with one attached hydrogen (secondary N) is 1. The van der Waals surface area contributed by atoms with Gasteiger partial charge in [0.1, 0.15) is 18.2 Å². The molecule has 1 saturated carbocycles. The molecule has 12 heteroatoms. The van der Waals surface area contributed by atoms with Gasteiger partial charge in [0.15, 0.2) is 12.2 Å². The topological polar surface area (TPSA) is 128 Å². The number of para-hydroxylation sites is 1. The lowest BCUT2D eigenvalue weighted by molar-refractivity contribution is 0.0714. The lowest BCUT2D eigenvalue weighted by Crippen LogP contribution is -2.48. The molecule has 7 rings (SSSR count). The Morgan fingerprint density at radius 2 is 2.14 bits per heavy atom. The molecule has 0 saturated heterocycles. The molecule has 5 aromatic rings. The Hall–Kier alpha value is -4.87. The van der Waals surface area contributed by atoms with E-state index in [1.54, 1.807) is 6.20 Å². The number of alkyl halides is 1. The van der Waals surface area contributed by atoms with Crippen molar-refractivity contribution in [3.63, 3.8) is 0 Å². The maximum Gasteiger partial charge on any atom is 0.405 e. The van der Waals surface area contributed by atoms with Gasteiger partial charge in [-0.2, -0.15) is 0 Å². The zero-order valence-electron chi connectivity index (χ0n) is 24.3. The Balaban J connectivity index is 1.23. The summed E-state index contributed by atoms with van der Waals surface area (Å²) in [6.45, 7) is 0.772. The van der Waals surface area contributed by atoms with Gasteiger partial charge in [-0.3, -0.25) is 4.79 Å². The molecule has 0 bridgehead atoms. The molecule has 0 spiro atoms. The average molecular weight is 601 g/mol. The van der Waals surface area contributed by atoms with Crippen molar-refractivity contribution in [3.05, 3.63) is 65.9 Å². The van der Waals surface area contributed by atoms with Gasteiger partial charge in [-0.15, -0.1) is 0 Å². The average Bonchev–Trinajstić information content (AvgIpc) is 3.38. The molecule has 1 aliphatic heterocycles. The maximum atomic E-state index is 13.5. The minimum absolute atomic E-state index is 0.0311. The molecule has 44 heavy (non-hydrogen) atoms. The van der Waals surface area contributed by atoms with Gasteiger partial charge >= 0.3 is 6.09 Å². The zero-order valence-corrected chi connectivity index (χ0v) is 24.3. The highest BCUT2D eigenvalue weighted by Crippen LogP contribution is 2.39. The minimum Gasteiger partial charge on any atom is -0.491 e. The molecule has 228 valence electrons. The summed E-state index contributed by atoms with van der Waals surface area (Å²) in [4.78, 5) is 35.0. The van der Waals surface area contributed by atoms with Crippen molar-refractivity contribution in [3.8, 4) is 17.3 Å². The molecule has 2 amide bonds. The lowest BCUT2D eigenvalue weighted by atomic mass is 9.97. The third-order valence-electron chi connectivity index (χ3n) is 8.57. The van der Waals surface area contributed by atoms with Gasteiger partial charge in [0.25, 0.3) is 5.91 Å². The maximum absolute atomic E-state index is 13.5. The van der Waals surface area contributed by atoms with Crippen molar-refractivity contribution in [2.24, 2.45) is 13.0 Å². The van der Waals surface area contributed by atoms with Crippen LogP contribution in [0.2, 0.25) is 0 Å². The molecular formula is C32H33FN6O5. The van der Waals surface area contributed by atoms with E-state index in [4.69, 9.17) is 19.2 Å². The van der Waals surface area contributed by atoms with Gasteiger partial charge in [-0.1, -0.05) is 12.1 Å². The molecule has 2 aromatic carbocycles. The van der Waals surface area contributed by atoms with Crippen molar-refractivity contribution in [2.45, 2.75) is 38.3 Å². The van der Waals surface area contributed by atoms with E-state index in [0.29, 0.717) is 43.0 Å². The van der Waals surface area contributed by atoms with Crippen molar-refractivity contribution in [1.82, 2.24) is 29.3 Å². The number of carboxylic acid groups (broad SMARTS) is 1. The van der Waals surface area contributed by atoms with Gasteiger partial charge in [0, 0.05) is 44.1 Å². The van der Waals surface area contributed by atoms with Crippen LogP contribution in [0.15, 0.2) is 53.4 Å². The standard InChI is InChI=1S/C32H33FN6O5/c1-37-26-11-20-7-9-38(17-22(14-33)35-32(41)42)31(40)24(20)13-25(26)36-30(37)27-12-21-3-2-4-28(29(21)39(27)16-19-5-6-19)43-10-8-23-15-34-18-44-23/h2-4,11-13,15,18-19,22,35H,5-10,14,16-17H2,1H3,(H,41,42). The van der Waals surface area contributed by atoms with Crippen molar-refractivity contribution >= 4 is 33.9 Å². The minimum atomic E-state index is -1.32. The summed E-state index contributed by atoms with van der Waals surface area (Å²) in [6.07, 6.45) is 5.38. The van der Waals surface area contributed by atoms with Crippen molar-refractivity contribution in [2.75, 3.05) is 26.4 Å². The smallest absolute Gasteiger partial charge is 0.405 e. The number of imidazole rings is 1. The molecule has 11 nitrogen and oxygen atoms in total. The molecule has 2 N–H and O–H groups in total. The third-order valence-corrected chi connectivity index (χ3v) is 8.57. The van der Waals surface area contributed by atoms with Gasteiger partial charge in [0.2, 0.25) is 0 Å². The number of benzene rings is 2. The van der Waals surface area contributed by atoms with E-state index in [1.807, 2.05) is 31.3 Å². The summed E-state index contributed by atoms with van der Waals surface area (Å²) in [5.41, 5.74) is 5.03. The van der Waals surface area contributed by atoms with Crippen molar-refractivity contribution in [1.29, 1.82) is 0 Å². The van der Waals surface area contributed by atoms with Crippen LogP contribution >= 0.6 is 0 Å². The monoisotopic (exact) mass is 600 g/mol. The normalized spacial score (nSPS) is 15.6. The number of ether oxygens (including phenoxy) is 1.